The summed E-state index contributed by atoms with van der Waals surface area (Å²) in [6.45, 7) is -2.15. The van der Waals surface area contributed by atoms with Gasteiger partial charge >= 0.3 is 0 Å². The molecule has 0 bridgehead atoms. The van der Waals surface area contributed by atoms with E-state index in [9.17, 15) is 0 Å². The SMILES string of the molecule is C1=C(c2ccccc2)c2ccccc2C1=P(c1ccccc1)(c1ccccc1)c1ccccc1.[Ru]. The zero-order chi connectivity index (χ0) is 22.8. The van der Waals surface area contributed by atoms with Crippen molar-refractivity contribution in [2.24, 2.45) is 0 Å². The molecule has 0 radical (unpaired) electrons. The number of benzene rings is 5. The van der Waals surface area contributed by atoms with E-state index in [0.717, 1.165) is 0 Å². The Bertz CT molecular complexity index is 1420. The average molecular weight is 554 g/mol. The molecule has 2 heteroatoms. The van der Waals surface area contributed by atoms with Gasteiger partial charge in [-0.3, -0.25) is 0 Å². The van der Waals surface area contributed by atoms with Crippen molar-refractivity contribution in [1.29, 1.82) is 0 Å². The fraction of sp³-hybridized carbons (Fsp3) is 0. The van der Waals surface area contributed by atoms with Crippen LogP contribution in [0.5, 0.6) is 0 Å². The van der Waals surface area contributed by atoms with Crippen molar-refractivity contribution in [3.8, 4) is 0 Å². The molecule has 6 rings (SSSR count). The first-order valence-corrected chi connectivity index (χ1v) is 13.5. The van der Waals surface area contributed by atoms with E-state index >= 15 is 0 Å². The molecule has 0 atom stereocenters. The minimum absolute atomic E-state index is 0. The van der Waals surface area contributed by atoms with Crippen molar-refractivity contribution in [2.45, 2.75) is 0 Å². The van der Waals surface area contributed by atoms with Crippen LogP contribution < -0.4 is 15.9 Å². The third-order valence-corrected chi connectivity index (χ3v) is 11.0. The van der Waals surface area contributed by atoms with Gasteiger partial charge in [0.05, 0.1) is 0 Å². The molecule has 0 saturated carbocycles. The summed E-state index contributed by atoms with van der Waals surface area (Å²) in [7, 11) is 0. The van der Waals surface area contributed by atoms with E-state index in [4.69, 9.17) is 0 Å². The molecule has 170 valence electrons. The Labute approximate surface area is 220 Å². The summed E-state index contributed by atoms with van der Waals surface area (Å²) in [5.74, 6) is 0. The monoisotopic (exact) mass is 554 g/mol. The van der Waals surface area contributed by atoms with Crippen LogP contribution in [-0.4, -0.2) is 5.29 Å². The zero-order valence-electron chi connectivity index (χ0n) is 19.2. The van der Waals surface area contributed by atoms with Crippen LogP contribution >= 0.6 is 6.89 Å². The smallest absolute Gasteiger partial charge is 0 e. The third kappa shape index (κ3) is 4.00. The van der Waals surface area contributed by atoms with Gasteiger partial charge in [-0.1, -0.05) is 146 Å². The van der Waals surface area contributed by atoms with Crippen molar-refractivity contribution in [3.63, 3.8) is 0 Å². The Balaban J connectivity index is 0.00000253. The van der Waals surface area contributed by atoms with Crippen LogP contribution in [0.25, 0.3) is 5.57 Å². The van der Waals surface area contributed by atoms with Crippen molar-refractivity contribution < 1.29 is 19.5 Å². The van der Waals surface area contributed by atoms with E-state index in [2.05, 4.69) is 152 Å². The van der Waals surface area contributed by atoms with Gasteiger partial charge in [0.2, 0.25) is 0 Å². The Morgan fingerprint density at radius 1 is 0.371 bits per heavy atom. The predicted molar refractivity (Wildman–Crippen MR) is 149 cm³/mol. The maximum Gasteiger partial charge on any atom is 0 e. The minimum atomic E-state index is -2.15. The molecule has 5 aromatic rings. The minimum Gasteiger partial charge on any atom is -0.0622 e. The van der Waals surface area contributed by atoms with E-state index in [0.29, 0.717) is 0 Å². The summed E-state index contributed by atoms with van der Waals surface area (Å²) in [5.41, 5.74) is 5.22. The van der Waals surface area contributed by atoms with Crippen LogP contribution in [-0.2, 0) is 19.5 Å². The first-order valence-electron chi connectivity index (χ1n) is 11.7. The molecule has 0 aromatic heterocycles. The Kier molecular flexibility index (Phi) is 6.83. The van der Waals surface area contributed by atoms with Crippen molar-refractivity contribution in [3.05, 3.63) is 168 Å². The molecule has 0 N–H and O–H groups in total. The second-order valence-corrected chi connectivity index (χ2v) is 11.9. The molecule has 0 amide bonds. The van der Waals surface area contributed by atoms with Crippen molar-refractivity contribution in [1.82, 2.24) is 0 Å². The van der Waals surface area contributed by atoms with E-state index in [1.165, 1.54) is 43.5 Å². The van der Waals surface area contributed by atoms with Gasteiger partial charge in [0.15, 0.2) is 0 Å². The Hall–Kier alpha value is -3.24. The fourth-order valence-corrected chi connectivity index (χ4v) is 9.65. The number of rotatable bonds is 4. The van der Waals surface area contributed by atoms with Gasteiger partial charge in [-0.2, -0.15) is 0 Å². The maximum absolute atomic E-state index is 2.47. The van der Waals surface area contributed by atoms with Crippen LogP contribution in [0.2, 0.25) is 0 Å². The van der Waals surface area contributed by atoms with Crippen LogP contribution in [0.4, 0.5) is 0 Å². The molecule has 1 aliphatic rings. The molecule has 0 spiro atoms. The normalized spacial score (nSPS) is 12.5. The molecule has 0 heterocycles. The molecule has 0 nitrogen and oxygen atoms in total. The fourth-order valence-electron chi connectivity index (χ4n) is 5.19. The van der Waals surface area contributed by atoms with Crippen LogP contribution in [0.3, 0.4) is 0 Å². The Morgan fingerprint density at radius 3 is 1.20 bits per heavy atom. The molecule has 0 fully saturated rings. The second-order valence-electron chi connectivity index (χ2n) is 8.53. The molecular weight excluding hydrogens is 528 g/mol. The molecule has 0 unspecified atom stereocenters. The average Bonchev–Trinajstić information content (AvgIpc) is 3.32. The number of hydrogen-bond donors (Lipinski definition) is 0. The molecule has 35 heavy (non-hydrogen) atoms. The number of fused-ring (bicyclic) bond motifs is 1. The number of hydrogen-bond acceptors (Lipinski definition) is 0. The second kappa shape index (κ2) is 10.2. The van der Waals surface area contributed by atoms with Gasteiger partial charge in [-0.15, -0.1) is 0 Å². The van der Waals surface area contributed by atoms with Gasteiger partial charge < -0.3 is 0 Å². The maximum atomic E-state index is 2.47. The van der Waals surface area contributed by atoms with Gasteiger partial charge in [-0.25, -0.2) is 0 Å². The quantitative estimate of drug-likeness (QED) is 0.173. The van der Waals surface area contributed by atoms with Crippen molar-refractivity contribution in [2.75, 3.05) is 0 Å². The summed E-state index contributed by atoms with van der Waals surface area (Å²) in [6, 6.07) is 53.0. The van der Waals surface area contributed by atoms with Gasteiger partial charge in [0.1, 0.15) is 0 Å². The summed E-state index contributed by atoms with van der Waals surface area (Å²) < 4.78 is 0. The largest absolute Gasteiger partial charge is 0.0622 e. The summed E-state index contributed by atoms with van der Waals surface area (Å²) in [4.78, 5) is 0. The van der Waals surface area contributed by atoms with E-state index in [1.807, 2.05) is 0 Å². The summed E-state index contributed by atoms with van der Waals surface area (Å²) in [6.07, 6.45) is 2.47. The first kappa shape index (κ1) is 23.5. The summed E-state index contributed by atoms with van der Waals surface area (Å²) >= 11 is 0. The molecule has 0 aliphatic heterocycles. The van der Waals surface area contributed by atoms with Crippen LogP contribution in [0.1, 0.15) is 16.7 Å². The summed E-state index contributed by atoms with van der Waals surface area (Å²) in [5, 5.41) is 5.55. The van der Waals surface area contributed by atoms with E-state index in [-0.39, 0.29) is 19.5 Å². The number of allylic oxidation sites excluding steroid dienone is 1. The van der Waals surface area contributed by atoms with Crippen LogP contribution in [0.15, 0.2) is 152 Å². The molecule has 1 aliphatic carbocycles. The van der Waals surface area contributed by atoms with Gasteiger partial charge in [-0.05, 0) is 56.4 Å². The third-order valence-electron chi connectivity index (χ3n) is 6.65. The van der Waals surface area contributed by atoms with Crippen molar-refractivity contribution >= 4 is 33.7 Å². The standard InChI is InChI=1S/C33H25P.Ru/c1-5-15-26(16-6-1)32-25-33(31-24-14-13-23-30(31)32)34(27-17-7-2-8-18-27,28-19-9-3-10-20-28)29-21-11-4-12-22-29;/h1-25H;. The Morgan fingerprint density at radius 2 is 0.743 bits per heavy atom. The molecule has 0 saturated heterocycles. The zero-order valence-corrected chi connectivity index (χ0v) is 21.9. The molecule has 5 aromatic carbocycles. The van der Waals surface area contributed by atoms with E-state index in [1.54, 1.807) is 0 Å². The van der Waals surface area contributed by atoms with E-state index < -0.39 is 6.89 Å². The first-order chi connectivity index (χ1) is 16.9. The topological polar surface area (TPSA) is 0 Å². The van der Waals surface area contributed by atoms with Gasteiger partial charge in [0, 0.05) is 19.5 Å². The predicted octanol–water partition coefficient (Wildman–Crippen LogP) is 6.64. The van der Waals surface area contributed by atoms with Gasteiger partial charge in [0.25, 0.3) is 0 Å². The molecular formula is C33H25PRu. The van der Waals surface area contributed by atoms with Crippen LogP contribution in [0, 0.1) is 0 Å².